The molecule has 1 amide bonds. The highest BCUT2D eigenvalue weighted by molar-refractivity contribution is 6.42. The number of halogens is 3. The van der Waals surface area contributed by atoms with Crippen molar-refractivity contribution in [2.45, 2.75) is 18.9 Å². The largest absolute Gasteiger partial charge is 0.341 e. The number of nitrogens with zero attached hydrogens (tertiary/aromatic N) is 1. The molecule has 2 unspecified atom stereocenters. The van der Waals surface area contributed by atoms with Crippen LogP contribution in [-0.2, 0) is 11.3 Å². The normalized spacial score (nSPS) is 19.5. The first-order valence-electron chi connectivity index (χ1n) is 7.40. The molecule has 0 bridgehead atoms. The minimum absolute atomic E-state index is 0.0202. The zero-order valence-corrected chi connectivity index (χ0v) is 14.1. The van der Waals surface area contributed by atoms with Gasteiger partial charge in [0.1, 0.15) is 5.82 Å². The molecule has 2 aromatic carbocycles. The quantitative estimate of drug-likeness (QED) is 0.767. The number of benzene rings is 2. The number of amides is 1. The fraction of sp³-hybridized carbons (Fsp3) is 0.278. The maximum absolute atomic E-state index is 13.0. The molecule has 2 atom stereocenters. The number of rotatable bonds is 4. The summed E-state index contributed by atoms with van der Waals surface area (Å²) in [4.78, 5) is 14.2. The molecule has 5 heteroatoms. The molecule has 120 valence electrons. The molecular weight excluding hydrogens is 336 g/mol. The van der Waals surface area contributed by atoms with Crippen LogP contribution >= 0.6 is 23.2 Å². The Kier molecular flexibility index (Phi) is 4.60. The Labute approximate surface area is 144 Å². The van der Waals surface area contributed by atoms with Gasteiger partial charge in [0, 0.05) is 19.5 Å². The van der Waals surface area contributed by atoms with Crippen molar-refractivity contribution in [3.05, 3.63) is 69.5 Å². The lowest BCUT2D eigenvalue weighted by Gasteiger charge is -2.18. The van der Waals surface area contributed by atoms with E-state index in [1.54, 1.807) is 36.2 Å². The summed E-state index contributed by atoms with van der Waals surface area (Å²) in [5.74, 6) is 0.0204. The van der Waals surface area contributed by atoms with E-state index in [1.807, 2.05) is 6.07 Å². The molecule has 0 heterocycles. The second kappa shape index (κ2) is 6.50. The lowest BCUT2D eigenvalue weighted by Crippen LogP contribution is -2.28. The molecule has 1 fully saturated rings. The van der Waals surface area contributed by atoms with Gasteiger partial charge in [-0.05, 0) is 47.7 Å². The highest BCUT2D eigenvalue weighted by Gasteiger charge is 2.45. The first-order valence-corrected chi connectivity index (χ1v) is 8.15. The highest BCUT2D eigenvalue weighted by Crippen LogP contribution is 2.48. The van der Waals surface area contributed by atoms with Crippen LogP contribution in [0.1, 0.15) is 23.5 Å². The van der Waals surface area contributed by atoms with Gasteiger partial charge in [0.05, 0.1) is 10.0 Å². The lowest BCUT2D eigenvalue weighted by molar-refractivity contribution is -0.131. The zero-order chi connectivity index (χ0) is 16.6. The van der Waals surface area contributed by atoms with Gasteiger partial charge in [0.25, 0.3) is 0 Å². The Balaban J connectivity index is 1.62. The summed E-state index contributed by atoms with van der Waals surface area (Å²) < 4.78 is 13.0. The fourth-order valence-electron chi connectivity index (χ4n) is 2.82. The summed E-state index contributed by atoms with van der Waals surface area (Å²) in [6, 6.07) is 11.8. The number of hydrogen-bond acceptors (Lipinski definition) is 1. The number of hydrogen-bond donors (Lipinski definition) is 0. The summed E-state index contributed by atoms with van der Waals surface area (Å²) in [7, 11) is 1.78. The Hall–Kier alpha value is -1.58. The van der Waals surface area contributed by atoms with Gasteiger partial charge in [-0.15, -0.1) is 0 Å². The van der Waals surface area contributed by atoms with E-state index in [2.05, 4.69) is 0 Å². The molecule has 1 saturated carbocycles. The third-order valence-electron chi connectivity index (χ3n) is 4.19. The van der Waals surface area contributed by atoms with Crippen molar-refractivity contribution in [3.63, 3.8) is 0 Å². The second-order valence-electron chi connectivity index (χ2n) is 5.94. The van der Waals surface area contributed by atoms with Crippen LogP contribution in [0.2, 0.25) is 10.0 Å². The summed E-state index contributed by atoms with van der Waals surface area (Å²) in [6.45, 7) is 0.488. The molecule has 0 saturated heterocycles. The predicted octanol–water partition coefficient (Wildman–Crippen LogP) is 4.89. The average molecular weight is 352 g/mol. The first kappa shape index (κ1) is 16.3. The van der Waals surface area contributed by atoms with Gasteiger partial charge in [-0.3, -0.25) is 4.79 Å². The van der Waals surface area contributed by atoms with Crippen LogP contribution in [0.25, 0.3) is 0 Å². The van der Waals surface area contributed by atoms with E-state index in [-0.39, 0.29) is 23.6 Å². The number of carbonyl (C=O) groups excluding carboxylic acids is 1. The molecule has 3 rings (SSSR count). The first-order chi connectivity index (χ1) is 11.0. The van der Waals surface area contributed by atoms with Crippen molar-refractivity contribution < 1.29 is 9.18 Å². The fourth-order valence-corrected chi connectivity index (χ4v) is 3.14. The lowest BCUT2D eigenvalue weighted by atomic mass is 10.1. The summed E-state index contributed by atoms with van der Waals surface area (Å²) >= 11 is 11.9. The third kappa shape index (κ3) is 3.67. The minimum atomic E-state index is -0.256. The summed E-state index contributed by atoms with van der Waals surface area (Å²) in [5.41, 5.74) is 1.96. The maximum atomic E-state index is 13.0. The van der Waals surface area contributed by atoms with E-state index in [1.165, 1.54) is 12.1 Å². The number of carbonyl (C=O) groups is 1. The predicted molar refractivity (Wildman–Crippen MR) is 90.2 cm³/mol. The Morgan fingerprint density at radius 2 is 1.87 bits per heavy atom. The Morgan fingerprint density at radius 1 is 1.17 bits per heavy atom. The van der Waals surface area contributed by atoms with E-state index >= 15 is 0 Å². The van der Waals surface area contributed by atoms with Crippen molar-refractivity contribution in [3.8, 4) is 0 Å². The van der Waals surface area contributed by atoms with Crippen molar-refractivity contribution in [2.24, 2.45) is 5.92 Å². The highest BCUT2D eigenvalue weighted by atomic mass is 35.5. The Bertz CT molecular complexity index is 732. The van der Waals surface area contributed by atoms with Crippen molar-refractivity contribution >= 4 is 29.1 Å². The van der Waals surface area contributed by atoms with Crippen molar-refractivity contribution in [1.29, 1.82) is 0 Å². The molecule has 2 nitrogen and oxygen atoms in total. The standard InChI is InChI=1S/C18H16Cl2FNO/c1-22(10-11-2-7-16(19)17(20)8-11)18(23)15-9-14(15)12-3-5-13(21)6-4-12/h2-8,14-15H,9-10H2,1H3. The van der Waals surface area contributed by atoms with Gasteiger partial charge in [-0.25, -0.2) is 4.39 Å². The van der Waals surface area contributed by atoms with Gasteiger partial charge in [0.2, 0.25) is 5.91 Å². The molecule has 2 aromatic rings. The van der Waals surface area contributed by atoms with Crippen LogP contribution in [0.3, 0.4) is 0 Å². The van der Waals surface area contributed by atoms with Gasteiger partial charge >= 0.3 is 0 Å². The van der Waals surface area contributed by atoms with Crippen molar-refractivity contribution in [2.75, 3.05) is 7.05 Å². The molecule has 1 aliphatic rings. The molecule has 0 aliphatic heterocycles. The topological polar surface area (TPSA) is 20.3 Å². The SMILES string of the molecule is CN(Cc1ccc(Cl)c(Cl)c1)C(=O)C1CC1c1ccc(F)cc1. The van der Waals surface area contributed by atoms with Crippen LogP contribution < -0.4 is 0 Å². The monoisotopic (exact) mass is 351 g/mol. The molecule has 0 spiro atoms. The van der Waals surface area contributed by atoms with Gasteiger partial charge in [0.15, 0.2) is 0 Å². The smallest absolute Gasteiger partial charge is 0.226 e. The zero-order valence-electron chi connectivity index (χ0n) is 12.6. The minimum Gasteiger partial charge on any atom is -0.341 e. The van der Waals surface area contributed by atoms with Crippen molar-refractivity contribution in [1.82, 2.24) is 4.90 Å². The van der Waals surface area contributed by atoms with Gasteiger partial charge in [-0.2, -0.15) is 0 Å². The van der Waals surface area contributed by atoms with Crippen LogP contribution in [0.15, 0.2) is 42.5 Å². The van der Waals surface area contributed by atoms with Crippen LogP contribution in [0.5, 0.6) is 0 Å². The summed E-state index contributed by atoms with van der Waals surface area (Å²) in [6.07, 6.45) is 0.816. The third-order valence-corrected chi connectivity index (χ3v) is 4.92. The molecule has 23 heavy (non-hydrogen) atoms. The average Bonchev–Trinajstić information content (AvgIpc) is 3.31. The van der Waals surface area contributed by atoms with E-state index in [4.69, 9.17) is 23.2 Å². The van der Waals surface area contributed by atoms with Crippen LogP contribution in [-0.4, -0.2) is 17.9 Å². The second-order valence-corrected chi connectivity index (χ2v) is 6.76. The van der Waals surface area contributed by atoms with Gasteiger partial charge in [-0.1, -0.05) is 41.4 Å². The van der Waals surface area contributed by atoms with E-state index in [0.717, 1.165) is 17.5 Å². The van der Waals surface area contributed by atoms with E-state index < -0.39 is 0 Å². The molecule has 0 aromatic heterocycles. The molecular formula is C18H16Cl2FNO. The van der Waals surface area contributed by atoms with Crippen LogP contribution in [0, 0.1) is 11.7 Å². The molecule has 0 radical (unpaired) electrons. The summed E-state index contributed by atoms with van der Waals surface area (Å²) in [5, 5.41) is 0.989. The molecule has 0 N–H and O–H groups in total. The molecule has 1 aliphatic carbocycles. The van der Waals surface area contributed by atoms with E-state index in [9.17, 15) is 9.18 Å². The van der Waals surface area contributed by atoms with Gasteiger partial charge < -0.3 is 4.90 Å². The maximum Gasteiger partial charge on any atom is 0.226 e. The van der Waals surface area contributed by atoms with E-state index in [0.29, 0.717) is 16.6 Å². The Morgan fingerprint density at radius 3 is 2.52 bits per heavy atom. The van der Waals surface area contributed by atoms with Crippen LogP contribution in [0.4, 0.5) is 4.39 Å².